The first-order valence-corrected chi connectivity index (χ1v) is 8.88. The fourth-order valence-corrected chi connectivity index (χ4v) is 3.07. The number of anilines is 1. The number of carbonyl (C=O) groups excluding carboxylic acids is 2. The van der Waals surface area contributed by atoms with Gasteiger partial charge >= 0.3 is 5.97 Å². The largest absolute Gasteiger partial charge is 0.493 e. The lowest BCUT2D eigenvalue weighted by molar-refractivity contribution is -0.141. The average molecular weight is 385 g/mol. The Morgan fingerprint density at radius 2 is 1.88 bits per heavy atom. The van der Waals surface area contributed by atoms with Crippen molar-refractivity contribution in [1.82, 2.24) is 5.32 Å². The van der Waals surface area contributed by atoms with Crippen molar-refractivity contribution in [1.29, 1.82) is 0 Å². The smallest absolute Gasteiger partial charge is 0.308 e. The molecule has 1 saturated heterocycles. The number of piperidine rings is 1. The highest BCUT2D eigenvalue weighted by Gasteiger charge is 2.22. The molecule has 0 radical (unpaired) electrons. The van der Waals surface area contributed by atoms with Gasteiger partial charge in [-0.1, -0.05) is 6.92 Å². The van der Waals surface area contributed by atoms with E-state index in [0.29, 0.717) is 24.0 Å². The summed E-state index contributed by atoms with van der Waals surface area (Å²) in [4.78, 5) is 23.2. The molecule has 1 fully saturated rings. The second-order valence-corrected chi connectivity index (χ2v) is 6.52. The third kappa shape index (κ3) is 7.62. The minimum Gasteiger partial charge on any atom is -0.493 e. The predicted molar refractivity (Wildman–Crippen MR) is 104 cm³/mol. The summed E-state index contributed by atoms with van der Waals surface area (Å²) in [5, 5.41) is 6.29. The molecule has 26 heavy (non-hydrogen) atoms. The third-order valence-electron chi connectivity index (χ3n) is 4.64. The number of halogens is 1. The van der Waals surface area contributed by atoms with Crippen molar-refractivity contribution >= 4 is 30.0 Å². The number of methoxy groups -OCH3 is 1. The van der Waals surface area contributed by atoms with Gasteiger partial charge in [0.25, 0.3) is 0 Å². The molecule has 7 heteroatoms. The van der Waals surface area contributed by atoms with E-state index in [0.717, 1.165) is 31.6 Å². The molecule has 1 atom stereocenters. The zero-order valence-electron chi connectivity index (χ0n) is 15.5. The second-order valence-electron chi connectivity index (χ2n) is 6.52. The number of amides is 1. The molecule has 0 bridgehead atoms. The molecule has 1 unspecified atom stereocenters. The number of benzene rings is 1. The Balaban J connectivity index is 0.00000338. The van der Waals surface area contributed by atoms with E-state index in [1.165, 1.54) is 7.11 Å². The number of esters is 1. The van der Waals surface area contributed by atoms with Gasteiger partial charge in [-0.25, -0.2) is 0 Å². The topological polar surface area (TPSA) is 76.7 Å². The maximum absolute atomic E-state index is 12.2. The summed E-state index contributed by atoms with van der Waals surface area (Å²) in [6.07, 6.45) is 3.05. The molecule has 0 saturated carbocycles. The van der Waals surface area contributed by atoms with Crippen LogP contribution < -0.4 is 15.4 Å². The highest BCUT2D eigenvalue weighted by Crippen LogP contribution is 2.25. The molecule has 1 aromatic rings. The fourth-order valence-electron chi connectivity index (χ4n) is 3.07. The van der Waals surface area contributed by atoms with Crippen LogP contribution in [0.15, 0.2) is 24.3 Å². The van der Waals surface area contributed by atoms with Crippen LogP contribution in [0.3, 0.4) is 0 Å². The maximum Gasteiger partial charge on any atom is 0.308 e. The first-order valence-electron chi connectivity index (χ1n) is 8.88. The van der Waals surface area contributed by atoms with Crippen LogP contribution in [-0.2, 0) is 14.3 Å². The Morgan fingerprint density at radius 3 is 2.50 bits per heavy atom. The highest BCUT2D eigenvalue weighted by molar-refractivity contribution is 5.90. The summed E-state index contributed by atoms with van der Waals surface area (Å²) in [7, 11) is 1.35. The summed E-state index contributed by atoms with van der Waals surface area (Å²) < 4.78 is 10.0. The van der Waals surface area contributed by atoms with Crippen LogP contribution in [0.25, 0.3) is 0 Å². The molecule has 1 aromatic carbocycles. The van der Waals surface area contributed by atoms with Crippen LogP contribution in [0.5, 0.6) is 5.75 Å². The van der Waals surface area contributed by atoms with Crippen molar-refractivity contribution in [3.05, 3.63) is 24.3 Å². The minimum absolute atomic E-state index is 0. The maximum atomic E-state index is 12.2. The van der Waals surface area contributed by atoms with Gasteiger partial charge in [-0.3, -0.25) is 9.59 Å². The Bertz CT molecular complexity index is 559. The number of rotatable bonds is 8. The van der Waals surface area contributed by atoms with Gasteiger partial charge in [0.2, 0.25) is 5.91 Å². The minimum atomic E-state index is -0.299. The SMILES string of the molecule is COC(=O)CCOc1ccc(NC(=O)CC(C)C2CCNCC2)cc1.Cl. The molecule has 0 aromatic heterocycles. The summed E-state index contributed by atoms with van der Waals surface area (Å²) in [6, 6.07) is 7.17. The summed E-state index contributed by atoms with van der Waals surface area (Å²) in [5.74, 6) is 1.42. The van der Waals surface area contributed by atoms with Crippen LogP contribution >= 0.6 is 12.4 Å². The highest BCUT2D eigenvalue weighted by atomic mass is 35.5. The monoisotopic (exact) mass is 384 g/mol. The normalized spacial score (nSPS) is 15.5. The lowest BCUT2D eigenvalue weighted by Crippen LogP contribution is -2.32. The van der Waals surface area contributed by atoms with E-state index in [1.54, 1.807) is 24.3 Å². The predicted octanol–water partition coefficient (Wildman–Crippen LogP) is 3.01. The Labute approximate surface area is 161 Å². The second kappa shape index (κ2) is 11.8. The van der Waals surface area contributed by atoms with Crippen molar-refractivity contribution in [3.8, 4) is 5.75 Å². The molecular weight excluding hydrogens is 356 g/mol. The number of hydrogen-bond donors (Lipinski definition) is 2. The first-order chi connectivity index (χ1) is 12.1. The van der Waals surface area contributed by atoms with Crippen molar-refractivity contribution in [2.75, 3.05) is 32.1 Å². The van der Waals surface area contributed by atoms with Gasteiger partial charge in [0, 0.05) is 12.1 Å². The molecule has 1 heterocycles. The summed E-state index contributed by atoms with van der Waals surface area (Å²) in [5.41, 5.74) is 0.753. The fraction of sp³-hybridized carbons (Fsp3) is 0.579. The standard InChI is InChI=1S/C19H28N2O4.ClH/c1-14(15-7-10-20-11-8-15)13-18(22)21-16-3-5-17(6-4-16)25-12-9-19(23)24-2;/h3-6,14-15,20H,7-13H2,1-2H3,(H,21,22);1H. The van der Waals surface area contributed by atoms with Crippen LogP contribution in [0.4, 0.5) is 5.69 Å². The van der Waals surface area contributed by atoms with Crippen LogP contribution in [-0.4, -0.2) is 38.7 Å². The van der Waals surface area contributed by atoms with E-state index in [-0.39, 0.29) is 37.3 Å². The van der Waals surface area contributed by atoms with Gasteiger partial charge in [0.15, 0.2) is 0 Å². The Kier molecular flexibility index (Phi) is 10.1. The van der Waals surface area contributed by atoms with E-state index in [9.17, 15) is 9.59 Å². The Hall–Kier alpha value is -1.79. The van der Waals surface area contributed by atoms with Crippen molar-refractivity contribution in [2.45, 2.75) is 32.6 Å². The number of ether oxygens (including phenoxy) is 2. The zero-order chi connectivity index (χ0) is 18.1. The van der Waals surface area contributed by atoms with Crippen LogP contribution in [0.2, 0.25) is 0 Å². The van der Waals surface area contributed by atoms with E-state index in [2.05, 4.69) is 22.3 Å². The summed E-state index contributed by atoms with van der Waals surface area (Å²) in [6.45, 7) is 4.53. The van der Waals surface area contributed by atoms with Gasteiger partial charge in [0.1, 0.15) is 5.75 Å². The van der Waals surface area contributed by atoms with E-state index in [1.807, 2.05) is 0 Å². The molecule has 1 aliphatic rings. The number of nitrogens with one attached hydrogen (secondary N) is 2. The van der Waals surface area contributed by atoms with E-state index >= 15 is 0 Å². The zero-order valence-corrected chi connectivity index (χ0v) is 16.3. The van der Waals surface area contributed by atoms with Crippen molar-refractivity contribution < 1.29 is 19.1 Å². The van der Waals surface area contributed by atoms with E-state index < -0.39 is 0 Å². The van der Waals surface area contributed by atoms with Gasteiger partial charge in [-0.05, 0) is 62.0 Å². The van der Waals surface area contributed by atoms with E-state index in [4.69, 9.17) is 4.74 Å². The van der Waals surface area contributed by atoms with Gasteiger partial charge in [-0.2, -0.15) is 0 Å². The van der Waals surface area contributed by atoms with Crippen molar-refractivity contribution in [2.24, 2.45) is 11.8 Å². The number of carbonyl (C=O) groups is 2. The molecule has 0 spiro atoms. The molecule has 2 rings (SSSR count). The number of hydrogen-bond acceptors (Lipinski definition) is 5. The lowest BCUT2D eigenvalue weighted by atomic mass is 9.84. The van der Waals surface area contributed by atoms with Gasteiger partial charge < -0.3 is 20.1 Å². The molecular formula is C19H29ClN2O4. The quantitative estimate of drug-likeness (QED) is 0.674. The average Bonchev–Trinajstić information content (AvgIpc) is 2.63. The molecule has 6 nitrogen and oxygen atoms in total. The van der Waals surface area contributed by atoms with Gasteiger partial charge in [0.05, 0.1) is 20.1 Å². The molecule has 2 N–H and O–H groups in total. The van der Waals surface area contributed by atoms with Crippen LogP contribution in [0, 0.1) is 11.8 Å². The van der Waals surface area contributed by atoms with Crippen molar-refractivity contribution in [3.63, 3.8) is 0 Å². The molecule has 1 aliphatic heterocycles. The third-order valence-corrected chi connectivity index (χ3v) is 4.64. The lowest BCUT2D eigenvalue weighted by Gasteiger charge is -2.27. The first kappa shape index (κ1) is 22.3. The summed E-state index contributed by atoms with van der Waals surface area (Å²) >= 11 is 0. The molecule has 0 aliphatic carbocycles. The molecule has 146 valence electrons. The van der Waals surface area contributed by atoms with Gasteiger partial charge in [-0.15, -0.1) is 12.4 Å². The Morgan fingerprint density at radius 1 is 1.23 bits per heavy atom. The molecule has 1 amide bonds. The van der Waals surface area contributed by atoms with Crippen LogP contribution in [0.1, 0.15) is 32.6 Å².